The van der Waals surface area contributed by atoms with Crippen LogP contribution in [0.15, 0.2) is 69.6 Å². The maximum atomic E-state index is 13.5. The molecule has 2 atom stereocenters. The highest BCUT2D eigenvalue weighted by molar-refractivity contribution is 9.10. The zero-order valence-electron chi connectivity index (χ0n) is 18.0. The molecule has 9 nitrogen and oxygen atoms in total. The van der Waals surface area contributed by atoms with Crippen molar-refractivity contribution in [2.45, 2.75) is 12.1 Å². The molecule has 1 saturated heterocycles. The third-order valence-electron chi connectivity index (χ3n) is 6.08. The van der Waals surface area contributed by atoms with E-state index < -0.39 is 40.4 Å². The van der Waals surface area contributed by atoms with Crippen LogP contribution in [0.25, 0.3) is 0 Å². The average Bonchev–Trinajstić information content (AvgIpc) is 3.08. The largest absolute Gasteiger partial charge is 0.496 e. The number of amides is 3. The van der Waals surface area contributed by atoms with E-state index in [0.29, 0.717) is 21.5 Å². The molecular weight excluding hydrogens is 586 g/mol. The van der Waals surface area contributed by atoms with E-state index in [1.54, 1.807) is 42.5 Å². The Morgan fingerprint density at radius 3 is 2.23 bits per heavy atom. The van der Waals surface area contributed by atoms with E-state index in [0.717, 1.165) is 9.37 Å². The van der Waals surface area contributed by atoms with Gasteiger partial charge in [0.15, 0.2) is 0 Å². The summed E-state index contributed by atoms with van der Waals surface area (Å²) < 4.78 is 7.05. The molecule has 176 valence electrons. The van der Waals surface area contributed by atoms with E-state index >= 15 is 0 Å². The van der Waals surface area contributed by atoms with E-state index in [2.05, 4.69) is 31.9 Å². The number of benzene rings is 3. The first kappa shape index (κ1) is 23.2. The van der Waals surface area contributed by atoms with Gasteiger partial charge in [-0.3, -0.25) is 29.4 Å². The van der Waals surface area contributed by atoms with Gasteiger partial charge in [-0.1, -0.05) is 37.9 Å². The lowest BCUT2D eigenvalue weighted by Crippen LogP contribution is -2.67. The monoisotopic (exact) mass is 599 g/mol. The van der Waals surface area contributed by atoms with Crippen molar-refractivity contribution in [3.63, 3.8) is 0 Å². The lowest BCUT2D eigenvalue weighted by atomic mass is 9.85. The fraction of sp³-hybridized carbons (Fsp3) is 0.125. The second-order valence-electron chi connectivity index (χ2n) is 7.90. The lowest BCUT2D eigenvalue weighted by molar-refractivity contribution is -0.385. The number of hydrogen-bond acceptors (Lipinski definition) is 6. The Morgan fingerprint density at radius 2 is 1.57 bits per heavy atom. The van der Waals surface area contributed by atoms with Crippen LogP contribution < -0.4 is 9.64 Å². The van der Waals surface area contributed by atoms with Gasteiger partial charge in [-0.2, -0.15) is 0 Å². The fourth-order valence-corrected chi connectivity index (χ4v) is 5.19. The van der Waals surface area contributed by atoms with Gasteiger partial charge in [0.2, 0.25) is 0 Å². The van der Waals surface area contributed by atoms with Gasteiger partial charge < -0.3 is 9.64 Å². The predicted molar refractivity (Wildman–Crippen MR) is 132 cm³/mol. The van der Waals surface area contributed by atoms with Crippen LogP contribution in [0.3, 0.4) is 0 Å². The Bertz CT molecular complexity index is 1430. The number of nitrogens with zero attached hydrogens (tertiary/aromatic N) is 3. The van der Waals surface area contributed by atoms with E-state index in [9.17, 15) is 24.5 Å². The number of rotatable bonds is 5. The molecule has 0 unspecified atom stereocenters. The minimum Gasteiger partial charge on any atom is -0.496 e. The van der Waals surface area contributed by atoms with E-state index in [1.165, 1.54) is 30.2 Å². The maximum Gasteiger partial charge on any atom is 0.282 e. The molecule has 0 bridgehead atoms. The van der Waals surface area contributed by atoms with Crippen LogP contribution in [0.5, 0.6) is 5.75 Å². The van der Waals surface area contributed by atoms with Crippen molar-refractivity contribution in [2.24, 2.45) is 0 Å². The zero-order valence-corrected chi connectivity index (χ0v) is 21.1. The van der Waals surface area contributed by atoms with Crippen LogP contribution in [0.1, 0.15) is 32.3 Å². The number of nitro groups is 1. The van der Waals surface area contributed by atoms with Crippen LogP contribution in [0.4, 0.5) is 11.4 Å². The Kier molecular flexibility index (Phi) is 5.68. The van der Waals surface area contributed by atoms with Crippen LogP contribution >= 0.6 is 31.9 Å². The van der Waals surface area contributed by atoms with Crippen molar-refractivity contribution in [1.29, 1.82) is 0 Å². The van der Waals surface area contributed by atoms with Crippen molar-refractivity contribution < 1.29 is 24.0 Å². The van der Waals surface area contributed by atoms with E-state index in [-0.39, 0.29) is 11.1 Å². The summed E-state index contributed by atoms with van der Waals surface area (Å²) in [5.74, 6) is -1.65. The van der Waals surface area contributed by atoms with Crippen molar-refractivity contribution in [1.82, 2.24) is 4.90 Å². The number of carbonyl (C=O) groups excluding carboxylic acids is 3. The number of hydrogen-bond donors (Lipinski definition) is 0. The quantitative estimate of drug-likeness (QED) is 0.179. The molecule has 3 aromatic carbocycles. The number of imide groups is 1. The number of anilines is 1. The summed E-state index contributed by atoms with van der Waals surface area (Å²) in [7, 11) is 1.48. The molecule has 0 saturated carbocycles. The molecule has 35 heavy (non-hydrogen) atoms. The van der Waals surface area contributed by atoms with Crippen molar-refractivity contribution in [3.8, 4) is 5.75 Å². The summed E-state index contributed by atoms with van der Waals surface area (Å²) in [4.78, 5) is 53.4. The van der Waals surface area contributed by atoms with Gasteiger partial charge in [-0.15, -0.1) is 0 Å². The highest BCUT2D eigenvalue weighted by Crippen LogP contribution is 2.48. The molecule has 0 N–H and O–H groups in total. The van der Waals surface area contributed by atoms with Crippen molar-refractivity contribution >= 4 is 61.0 Å². The molecular formula is C24H15Br2N3O6. The maximum absolute atomic E-state index is 13.5. The van der Waals surface area contributed by atoms with E-state index in [1.807, 2.05) is 0 Å². The molecule has 5 rings (SSSR count). The van der Waals surface area contributed by atoms with Gasteiger partial charge in [0.05, 0.1) is 23.6 Å². The third kappa shape index (κ3) is 3.53. The summed E-state index contributed by atoms with van der Waals surface area (Å²) in [6.45, 7) is 0. The Morgan fingerprint density at radius 1 is 0.886 bits per heavy atom. The standard InChI is InChI=1S/C24H15Br2N3O6/c1-35-18-10-7-13(26)11-16(18)20-21(24(32)27(20)14-8-5-12(25)6-9-14)28-22(30)15-3-2-4-17(29(33)34)19(15)23(28)31/h2-11,20-21H,1H3/t20-,21-/m0/s1. The number of β-lactam (4-membered cyclic amide) rings is 1. The number of halogens is 2. The molecule has 0 spiro atoms. The van der Waals surface area contributed by atoms with Gasteiger partial charge in [0.25, 0.3) is 23.4 Å². The normalized spacial score (nSPS) is 19.0. The van der Waals surface area contributed by atoms with Gasteiger partial charge in [0, 0.05) is 26.3 Å². The lowest BCUT2D eigenvalue weighted by Gasteiger charge is -2.50. The summed E-state index contributed by atoms with van der Waals surface area (Å²) in [6.07, 6.45) is 0. The van der Waals surface area contributed by atoms with Gasteiger partial charge >= 0.3 is 0 Å². The zero-order chi connectivity index (χ0) is 25.0. The molecule has 0 aromatic heterocycles. The molecule has 2 aliphatic heterocycles. The summed E-state index contributed by atoms with van der Waals surface area (Å²) in [5, 5.41) is 11.5. The summed E-state index contributed by atoms with van der Waals surface area (Å²) in [6, 6.07) is 14.1. The smallest absolute Gasteiger partial charge is 0.282 e. The van der Waals surface area contributed by atoms with Crippen LogP contribution in [0, 0.1) is 10.1 Å². The third-order valence-corrected chi connectivity index (χ3v) is 7.10. The minimum absolute atomic E-state index is 0.0981. The first-order valence-corrected chi connectivity index (χ1v) is 11.9. The predicted octanol–water partition coefficient (Wildman–Crippen LogP) is 4.88. The molecule has 0 aliphatic carbocycles. The Hall–Kier alpha value is -3.57. The molecule has 2 heterocycles. The molecule has 0 radical (unpaired) electrons. The molecule has 3 amide bonds. The second-order valence-corrected chi connectivity index (χ2v) is 9.73. The Labute approximate surface area is 215 Å². The van der Waals surface area contributed by atoms with Crippen molar-refractivity contribution in [2.75, 3.05) is 12.0 Å². The van der Waals surface area contributed by atoms with Crippen LogP contribution in [-0.4, -0.2) is 40.7 Å². The number of carbonyl (C=O) groups is 3. The van der Waals surface area contributed by atoms with Crippen molar-refractivity contribution in [3.05, 3.63) is 96.4 Å². The van der Waals surface area contributed by atoms with E-state index in [4.69, 9.17) is 4.74 Å². The number of fused-ring (bicyclic) bond motifs is 1. The number of ether oxygens (including phenoxy) is 1. The minimum atomic E-state index is -1.21. The molecule has 1 fully saturated rings. The van der Waals surface area contributed by atoms with Crippen LogP contribution in [-0.2, 0) is 4.79 Å². The second kappa shape index (κ2) is 8.58. The van der Waals surface area contributed by atoms with Gasteiger partial charge in [0.1, 0.15) is 17.4 Å². The molecule has 11 heteroatoms. The van der Waals surface area contributed by atoms with Gasteiger partial charge in [-0.05, 0) is 48.5 Å². The number of methoxy groups -OCH3 is 1. The molecule has 3 aromatic rings. The highest BCUT2D eigenvalue weighted by atomic mass is 79.9. The van der Waals surface area contributed by atoms with Gasteiger partial charge in [-0.25, -0.2) is 0 Å². The SMILES string of the molecule is COc1ccc(Br)cc1[C@H]1[C@H](N2C(=O)c3cccc([N+](=O)[O-])c3C2=O)C(=O)N1c1ccc(Br)cc1. The number of nitro benzene ring substituents is 1. The first-order chi connectivity index (χ1) is 16.7. The highest BCUT2D eigenvalue weighted by Gasteiger charge is 2.59. The van der Waals surface area contributed by atoms with Crippen LogP contribution in [0.2, 0.25) is 0 Å². The summed E-state index contributed by atoms with van der Waals surface area (Å²) >= 11 is 6.81. The Balaban J connectivity index is 1.65. The summed E-state index contributed by atoms with van der Waals surface area (Å²) in [5.41, 5.74) is 0.248. The fourth-order valence-electron chi connectivity index (χ4n) is 4.55. The topological polar surface area (TPSA) is 110 Å². The molecule has 2 aliphatic rings. The first-order valence-electron chi connectivity index (χ1n) is 10.3. The average molecular weight is 601 g/mol.